The molecule has 0 saturated heterocycles. The van der Waals surface area contributed by atoms with Crippen molar-refractivity contribution < 1.29 is 8.42 Å². The fraction of sp³-hybridized carbons (Fsp3) is 0.118. The number of anilines is 1. The molecule has 3 rings (SSSR count). The van der Waals surface area contributed by atoms with Gasteiger partial charge in [-0.25, -0.2) is 8.42 Å². The Morgan fingerprint density at radius 1 is 1.00 bits per heavy atom. The number of rotatable bonds is 6. The van der Waals surface area contributed by atoms with Crippen LogP contribution in [-0.2, 0) is 22.3 Å². The quantitative estimate of drug-likeness (QED) is 0.680. The molecule has 0 aliphatic carbocycles. The van der Waals surface area contributed by atoms with Gasteiger partial charge in [0.15, 0.2) is 0 Å². The lowest BCUT2D eigenvalue weighted by Gasteiger charge is -2.06. The highest BCUT2D eigenvalue weighted by molar-refractivity contribution is 7.91. The Labute approximate surface area is 156 Å². The molecule has 1 aromatic heterocycles. The third-order valence-electron chi connectivity index (χ3n) is 3.43. The van der Waals surface area contributed by atoms with Crippen molar-refractivity contribution in [1.82, 2.24) is 9.78 Å². The highest BCUT2D eigenvalue weighted by atomic mass is 35.5. The zero-order valence-electron chi connectivity index (χ0n) is 13.1. The molecule has 0 spiro atoms. The Hall–Kier alpha value is -2.02. The summed E-state index contributed by atoms with van der Waals surface area (Å²) < 4.78 is 28.6. The number of sulfonamides is 1. The average Bonchev–Trinajstić information content (AvgIpc) is 2.97. The first-order valence-corrected chi connectivity index (χ1v) is 9.83. The maximum absolute atomic E-state index is 12.2. The summed E-state index contributed by atoms with van der Waals surface area (Å²) >= 11 is 11.9. The molecule has 0 saturated carbocycles. The second kappa shape index (κ2) is 7.47. The SMILES string of the molecule is O=S(=O)(Cc1ccccc1)Nc1cnn(Cc2ccc(Cl)c(Cl)c2)c1. The van der Waals surface area contributed by atoms with Gasteiger partial charge >= 0.3 is 0 Å². The van der Waals surface area contributed by atoms with E-state index in [0.29, 0.717) is 22.3 Å². The van der Waals surface area contributed by atoms with Crippen LogP contribution < -0.4 is 4.72 Å². The van der Waals surface area contributed by atoms with Gasteiger partial charge in [0, 0.05) is 6.20 Å². The van der Waals surface area contributed by atoms with E-state index in [4.69, 9.17) is 23.2 Å². The minimum absolute atomic E-state index is 0.0915. The summed E-state index contributed by atoms with van der Waals surface area (Å²) in [7, 11) is -3.50. The Morgan fingerprint density at radius 3 is 2.48 bits per heavy atom. The molecule has 5 nitrogen and oxygen atoms in total. The van der Waals surface area contributed by atoms with Crippen molar-refractivity contribution in [2.45, 2.75) is 12.3 Å². The zero-order valence-corrected chi connectivity index (χ0v) is 15.4. The number of hydrogen-bond donors (Lipinski definition) is 1. The Balaban J connectivity index is 1.67. The molecule has 0 atom stereocenters. The Bertz CT molecular complexity index is 973. The maximum atomic E-state index is 12.2. The lowest BCUT2D eigenvalue weighted by Crippen LogP contribution is -2.14. The van der Waals surface area contributed by atoms with Crippen LogP contribution in [0.5, 0.6) is 0 Å². The monoisotopic (exact) mass is 395 g/mol. The topological polar surface area (TPSA) is 64.0 Å². The molecule has 0 aliphatic heterocycles. The summed E-state index contributed by atoms with van der Waals surface area (Å²) in [4.78, 5) is 0. The fourth-order valence-electron chi connectivity index (χ4n) is 2.34. The van der Waals surface area contributed by atoms with Gasteiger partial charge in [0.05, 0.1) is 34.2 Å². The maximum Gasteiger partial charge on any atom is 0.237 e. The van der Waals surface area contributed by atoms with Crippen molar-refractivity contribution >= 4 is 38.9 Å². The smallest absolute Gasteiger partial charge is 0.237 e. The van der Waals surface area contributed by atoms with Crippen LogP contribution in [0.1, 0.15) is 11.1 Å². The summed E-state index contributed by atoms with van der Waals surface area (Å²) in [5, 5.41) is 5.12. The van der Waals surface area contributed by atoms with E-state index in [1.807, 2.05) is 12.1 Å². The van der Waals surface area contributed by atoms with E-state index in [1.165, 1.54) is 6.20 Å². The molecule has 0 amide bonds. The molecule has 0 bridgehead atoms. The first kappa shape index (κ1) is 17.8. The summed E-state index contributed by atoms with van der Waals surface area (Å²) in [5.74, 6) is -0.0915. The van der Waals surface area contributed by atoms with Gasteiger partial charge in [-0.2, -0.15) is 5.10 Å². The second-order valence-corrected chi connectivity index (χ2v) is 8.06. The van der Waals surface area contributed by atoms with Gasteiger partial charge in [-0.1, -0.05) is 59.6 Å². The minimum atomic E-state index is -3.50. The van der Waals surface area contributed by atoms with Crippen LogP contribution in [0.25, 0.3) is 0 Å². The average molecular weight is 396 g/mol. The largest absolute Gasteiger partial charge is 0.280 e. The molecular weight excluding hydrogens is 381 g/mol. The molecule has 130 valence electrons. The van der Waals surface area contributed by atoms with Gasteiger partial charge in [0.2, 0.25) is 10.0 Å². The predicted octanol–water partition coefficient (Wildman–Crippen LogP) is 4.18. The molecule has 0 fully saturated rings. The lowest BCUT2D eigenvalue weighted by molar-refractivity contribution is 0.600. The highest BCUT2D eigenvalue weighted by Crippen LogP contribution is 2.23. The van der Waals surface area contributed by atoms with E-state index in [1.54, 1.807) is 47.3 Å². The highest BCUT2D eigenvalue weighted by Gasteiger charge is 2.13. The van der Waals surface area contributed by atoms with Gasteiger partial charge in [0.25, 0.3) is 0 Å². The molecule has 1 heterocycles. The van der Waals surface area contributed by atoms with Crippen LogP contribution in [0.15, 0.2) is 60.9 Å². The third kappa shape index (κ3) is 4.98. The van der Waals surface area contributed by atoms with Crippen LogP contribution in [0.2, 0.25) is 10.0 Å². The van der Waals surface area contributed by atoms with Crippen molar-refractivity contribution in [3.8, 4) is 0 Å². The van der Waals surface area contributed by atoms with E-state index >= 15 is 0 Å². The van der Waals surface area contributed by atoms with Crippen LogP contribution >= 0.6 is 23.2 Å². The van der Waals surface area contributed by atoms with E-state index in [9.17, 15) is 8.42 Å². The van der Waals surface area contributed by atoms with Gasteiger partial charge in [-0.15, -0.1) is 0 Å². The number of benzene rings is 2. The minimum Gasteiger partial charge on any atom is -0.280 e. The second-order valence-electron chi connectivity index (χ2n) is 5.52. The number of aromatic nitrogens is 2. The molecular formula is C17H15Cl2N3O2S. The number of halogens is 2. The Kier molecular flexibility index (Phi) is 5.32. The molecule has 0 unspecified atom stereocenters. The molecule has 2 aromatic carbocycles. The fourth-order valence-corrected chi connectivity index (χ4v) is 3.83. The van der Waals surface area contributed by atoms with E-state index in [0.717, 1.165) is 11.1 Å². The normalized spacial score (nSPS) is 11.4. The van der Waals surface area contributed by atoms with Gasteiger partial charge in [-0.3, -0.25) is 9.40 Å². The third-order valence-corrected chi connectivity index (χ3v) is 5.43. The summed E-state index contributed by atoms with van der Waals surface area (Å²) in [6.45, 7) is 0.456. The van der Waals surface area contributed by atoms with Crippen molar-refractivity contribution in [1.29, 1.82) is 0 Å². The molecule has 1 N–H and O–H groups in total. The summed E-state index contributed by atoms with van der Waals surface area (Å²) in [6, 6.07) is 14.3. The van der Waals surface area contributed by atoms with Crippen molar-refractivity contribution in [3.63, 3.8) is 0 Å². The van der Waals surface area contributed by atoms with Gasteiger partial charge in [0.1, 0.15) is 0 Å². The number of nitrogens with zero attached hydrogens (tertiary/aromatic N) is 2. The van der Waals surface area contributed by atoms with Crippen LogP contribution in [0, 0.1) is 0 Å². The van der Waals surface area contributed by atoms with Crippen molar-refractivity contribution in [2.75, 3.05) is 4.72 Å². The molecule has 0 radical (unpaired) electrons. The molecule has 25 heavy (non-hydrogen) atoms. The van der Waals surface area contributed by atoms with Crippen LogP contribution in [0.4, 0.5) is 5.69 Å². The van der Waals surface area contributed by atoms with E-state index < -0.39 is 10.0 Å². The summed E-state index contributed by atoms with van der Waals surface area (Å²) in [5.41, 5.74) is 2.05. The number of hydrogen-bond acceptors (Lipinski definition) is 3. The Morgan fingerprint density at radius 2 is 1.76 bits per heavy atom. The first-order valence-electron chi connectivity index (χ1n) is 7.42. The van der Waals surface area contributed by atoms with Crippen LogP contribution in [0.3, 0.4) is 0 Å². The lowest BCUT2D eigenvalue weighted by atomic mass is 10.2. The van der Waals surface area contributed by atoms with Crippen LogP contribution in [-0.4, -0.2) is 18.2 Å². The van der Waals surface area contributed by atoms with Gasteiger partial charge in [-0.05, 0) is 23.3 Å². The van der Waals surface area contributed by atoms with Crippen molar-refractivity contribution in [3.05, 3.63) is 82.1 Å². The molecule has 0 aliphatic rings. The molecule has 8 heteroatoms. The number of nitrogens with one attached hydrogen (secondary N) is 1. The predicted molar refractivity (Wildman–Crippen MR) is 100 cm³/mol. The molecule has 3 aromatic rings. The summed E-state index contributed by atoms with van der Waals surface area (Å²) in [6.07, 6.45) is 3.10. The van der Waals surface area contributed by atoms with Gasteiger partial charge < -0.3 is 0 Å². The van der Waals surface area contributed by atoms with Crippen molar-refractivity contribution in [2.24, 2.45) is 0 Å². The van der Waals surface area contributed by atoms with E-state index in [-0.39, 0.29) is 5.75 Å². The zero-order chi connectivity index (χ0) is 17.9. The standard InChI is InChI=1S/C17H15Cl2N3O2S/c18-16-7-6-14(8-17(16)19)10-22-11-15(9-20-22)21-25(23,24)12-13-4-2-1-3-5-13/h1-9,11,21H,10,12H2. The van der Waals surface area contributed by atoms with E-state index in [2.05, 4.69) is 9.82 Å². The first-order chi connectivity index (χ1) is 11.9.